The number of urea groups is 1. The lowest BCUT2D eigenvalue weighted by Crippen LogP contribution is -2.35. The van der Waals surface area contributed by atoms with Crippen molar-refractivity contribution in [3.05, 3.63) is 24.3 Å². The predicted molar refractivity (Wildman–Crippen MR) is 91.6 cm³/mol. The van der Waals surface area contributed by atoms with Gasteiger partial charge in [0, 0.05) is 42.8 Å². The van der Waals surface area contributed by atoms with Crippen LogP contribution in [-0.4, -0.2) is 36.0 Å². The molecule has 132 valence electrons. The smallest absolute Gasteiger partial charge is 0.321 e. The van der Waals surface area contributed by atoms with Crippen LogP contribution < -0.4 is 10.6 Å². The summed E-state index contributed by atoms with van der Waals surface area (Å²) < 4.78 is 26.1. The van der Waals surface area contributed by atoms with E-state index < -0.39 is 11.8 Å². The Kier molecular flexibility index (Phi) is 4.92. The van der Waals surface area contributed by atoms with E-state index in [0.29, 0.717) is 0 Å². The van der Waals surface area contributed by atoms with Gasteiger partial charge in [-0.1, -0.05) is 12.8 Å². The molecular weight excluding hydrogens is 312 g/mol. The lowest BCUT2D eigenvalue weighted by molar-refractivity contribution is 0.0959. The molecule has 2 fully saturated rings. The van der Waals surface area contributed by atoms with Gasteiger partial charge in [-0.3, -0.25) is 0 Å². The Morgan fingerprint density at radius 3 is 2.21 bits per heavy atom. The van der Waals surface area contributed by atoms with Crippen LogP contribution in [-0.2, 0) is 0 Å². The SMILES string of the molecule is C[C@H](Nc1ccc(NC(=O)N2CCCCCC2)cc1)[C@@H]1CC1(F)F. The van der Waals surface area contributed by atoms with Gasteiger partial charge in [0.15, 0.2) is 0 Å². The Morgan fingerprint density at radius 1 is 1.12 bits per heavy atom. The molecule has 3 rings (SSSR count). The van der Waals surface area contributed by atoms with Crippen LogP contribution in [0.25, 0.3) is 0 Å². The van der Waals surface area contributed by atoms with Gasteiger partial charge in [-0.25, -0.2) is 13.6 Å². The first-order valence-electron chi connectivity index (χ1n) is 8.76. The Hall–Kier alpha value is -1.85. The minimum atomic E-state index is -2.52. The number of likely N-dealkylation sites (tertiary alicyclic amines) is 1. The molecule has 1 saturated heterocycles. The van der Waals surface area contributed by atoms with Crippen molar-refractivity contribution in [1.82, 2.24) is 4.90 Å². The first-order valence-corrected chi connectivity index (χ1v) is 8.76. The van der Waals surface area contributed by atoms with Gasteiger partial charge in [-0.05, 0) is 44.0 Å². The highest BCUT2D eigenvalue weighted by atomic mass is 19.3. The molecule has 0 bridgehead atoms. The fraction of sp³-hybridized carbons (Fsp3) is 0.611. The lowest BCUT2D eigenvalue weighted by Gasteiger charge is -2.21. The molecule has 2 amide bonds. The van der Waals surface area contributed by atoms with Gasteiger partial charge in [0.05, 0.1) is 0 Å². The van der Waals surface area contributed by atoms with E-state index in [1.165, 1.54) is 12.8 Å². The highest BCUT2D eigenvalue weighted by Gasteiger charge is 2.59. The summed E-state index contributed by atoms with van der Waals surface area (Å²) in [5, 5.41) is 6.02. The van der Waals surface area contributed by atoms with Gasteiger partial charge in [-0.2, -0.15) is 0 Å². The van der Waals surface area contributed by atoms with E-state index in [1.54, 1.807) is 19.1 Å². The highest BCUT2D eigenvalue weighted by molar-refractivity contribution is 5.89. The van der Waals surface area contributed by atoms with Crippen LogP contribution in [0.3, 0.4) is 0 Å². The summed E-state index contributed by atoms with van der Waals surface area (Å²) in [5.41, 5.74) is 1.51. The summed E-state index contributed by atoms with van der Waals surface area (Å²) in [6, 6.07) is 6.90. The Morgan fingerprint density at radius 2 is 1.67 bits per heavy atom. The summed E-state index contributed by atoms with van der Waals surface area (Å²) >= 11 is 0. The third kappa shape index (κ3) is 4.16. The van der Waals surface area contributed by atoms with Gasteiger partial charge in [0.25, 0.3) is 5.92 Å². The molecule has 2 aliphatic rings. The second-order valence-corrected chi connectivity index (χ2v) is 6.91. The number of carbonyl (C=O) groups is 1. The summed E-state index contributed by atoms with van der Waals surface area (Å²) in [5.74, 6) is -3.10. The molecule has 1 aromatic carbocycles. The number of carbonyl (C=O) groups excluding carboxylic acids is 1. The molecule has 1 aliphatic heterocycles. The van der Waals surface area contributed by atoms with Crippen molar-refractivity contribution in [1.29, 1.82) is 0 Å². The van der Waals surface area contributed by atoms with Crippen LogP contribution in [0.5, 0.6) is 0 Å². The van der Waals surface area contributed by atoms with Crippen LogP contribution in [0.1, 0.15) is 39.0 Å². The van der Waals surface area contributed by atoms with E-state index in [4.69, 9.17) is 0 Å². The molecule has 4 nitrogen and oxygen atoms in total. The quantitative estimate of drug-likeness (QED) is 0.846. The Labute approximate surface area is 141 Å². The molecular formula is C18H25F2N3O. The van der Waals surface area contributed by atoms with Gasteiger partial charge in [0.1, 0.15) is 0 Å². The van der Waals surface area contributed by atoms with Crippen LogP contribution in [0.2, 0.25) is 0 Å². The van der Waals surface area contributed by atoms with Crippen molar-refractivity contribution in [2.75, 3.05) is 23.7 Å². The van der Waals surface area contributed by atoms with Gasteiger partial charge < -0.3 is 15.5 Å². The molecule has 2 atom stereocenters. The maximum absolute atomic E-state index is 13.1. The zero-order valence-electron chi connectivity index (χ0n) is 14.0. The molecule has 1 saturated carbocycles. The summed E-state index contributed by atoms with van der Waals surface area (Å²) in [6.07, 6.45) is 4.44. The molecule has 0 unspecified atom stereocenters. The van der Waals surface area contributed by atoms with Gasteiger partial charge in [-0.15, -0.1) is 0 Å². The van der Waals surface area contributed by atoms with E-state index in [9.17, 15) is 13.6 Å². The third-order valence-electron chi connectivity index (χ3n) is 4.90. The van der Waals surface area contributed by atoms with Crippen LogP contribution in [0.15, 0.2) is 24.3 Å². The van der Waals surface area contributed by atoms with Crippen LogP contribution >= 0.6 is 0 Å². The minimum absolute atomic E-state index is 0.0366. The summed E-state index contributed by atoms with van der Waals surface area (Å²) in [6.45, 7) is 3.39. The largest absolute Gasteiger partial charge is 0.382 e. The molecule has 1 heterocycles. The molecule has 0 radical (unpaired) electrons. The van der Waals surface area contributed by atoms with Crippen molar-refractivity contribution in [3.63, 3.8) is 0 Å². The summed E-state index contributed by atoms with van der Waals surface area (Å²) in [7, 11) is 0. The van der Waals surface area contributed by atoms with E-state index in [1.807, 2.05) is 17.0 Å². The number of alkyl halides is 2. The van der Waals surface area contributed by atoms with Crippen LogP contribution in [0.4, 0.5) is 25.0 Å². The van der Waals surface area contributed by atoms with Gasteiger partial charge in [0.2, 0.25) is 0 Å². The predicted octanol–water partition coefficient (Wildman–Crippen LogP) is 4.55. The number of amides is 2. The zero-order chi connectivity index (χ0) is 17.2. The maximum Gasteiger partial charge on any atom is 0.321 e. The van der Waals surface area contributed by atoms with Crippen molar-refractivity contribution in [2.45, 2.75) is 51.0 Å². The average molecular weight is 337 g/mol. The highest BCUT2D eigenvalue weighted by Crippen LogP contribution is 2.51. The second kappa shape index (κ2) is 6.95. The van der Waals surface area contributed by atoms with Crippen molar-refractivity contribution < 1.29 is 13.6 Å². The average Bonchev–Trinajstić information content (AvgIpc) is 3.26. The standard InChI is InChI=1S/C18H25F2N3O/c1-13(16-12-18(16,19)20)21-14-6-8-15(9-7-14)22-17(24)23-10-4-2-3-5-11-23/h6-9,13,16,21H,2-5,10-12H2,1H3,(H,22,24)/t13-,16-/m0/s1. The van der Waals surface area contributed by atoms with Crippen molar-refractivity contribution in [3.8, 4) is 0 Å². The lowest BCUT2D eigenvalue weighted by atomic mass is 10.2. The number of hydrogen-bond acceptors (Lipinski definition) is 2. The fourth-order valence-electron chi connectivity index (χ4n) is 3.27. The van der Waals surface area contributed by atoms with Gasteiger partial charge >= 0.3 is 6.03 Å². The monoisotopic (exact) mass is 337 g/mol. The van der Waals surface area contributed by atoms with Crippen molar-refractivity contribution >= 4 is 17.4 Å². The first-order chi connectivity index (χ1) is 11.5. The van der Waals surface area contributed by atoms with Crippen LogP contribution in [0, 0.1) is 5.92 Å². The topological polar surface area (TPSA) is 44.4 Å². The third-order valence-corrected chi connectivity index (χ3v) is 4.90. The maximum atomic E-state index is 13.1. The van der Waals surface area contributed by atoms with Crippen molar-refractivity contribution in [2.24, 2.45) is 5.92 Å². The first kappa shape index (κ1) is 17.0. The number of nitrogens with one attached hydrogen (secondary N) is 2. The molecule has 1 aromatic rings. The summed E-state index contributed by atoms with van der Waals surface area (Å²) in [4.78, 5) is 14.1. The Balaban J connectivity index is 1.51. The number of hydrogen-bond donors (Lipinski definition) is 2. The van der Waals surface area contributed by atoms with E-state index >= 15 is 0 Å². The Bertz CT molecular complexity index is 568. The number of halogens is 2. The number of anilines is 2. The number of rotatable bonds is 4. The molecule has 24 heavy (non-hydrogen) atoms. The fourth-order valence-corrected chi connectivity index (χ4v) is 3.27. The molecule has 6 heteroatoms. The number of benzene rings is 1. The molecule has 1 aliphatic carbocycles. The zero-order valence-corrected chi connectivity index (χ0v) is 14.0. The minimum Gasteiger partial charge on any atom is -0.382 e. The molecule has 0 spiro atoms. The van der Waals surface area contributed by atoms with E-state index in [0.717, 1.165) is 37.3 Å². The van der Waals surface area contributed by atoms with E-state index in [-0.39, 0.29) is 18.5 Å². The molecule has 0 aromatic heterocycles. The normalized spacial score (nSPS) is 24.0. The number of nitrogens with zero attached hydrogens (tertiary/aromatic N) is 1. The molecule has 2 N–H and O–H groups in total. The second-order valence-electron chi connectivity index (χ2n) is 6.91. The van der Waals surface area contributed by atoms with E-state index in [2.05, 4.69) is 10.6 Å².